The second-order valence-electron chi connectivity index (χ2n) is 4.14. The lowest BCUT2D eigenvalue weighted by Gasteiger charge is -2.17. The summed E-state index contributed by atoms with van der Waals surface area (Å²) in [6.07, 6.45) is 0. The van der Waals surface area contributed by atoms with E-state index in [1.807, 2.05) is 7.05 Å². The van der Waals surface area contributed by atoms with Gasteiger partial charge < -0.3 is 15.0 Å². The van der Waals surface area contributed by atoms with Gasteiger partial charge in [-0.05, 0) is 13.1 Å². The predicted octanol–water partition coefficient (Wildman–Crippen LogP) is 2.24. The molecule has 0 saturated carbocycles. The maximum Gasteiger partial charge on any atom is 0.271 e. The van der Waals surface area contributed by atoms with E-state index in [1.165, 1.54) is 12.1 Å². The zero-order chi connectivity index (χ0) is 14.3. The Kier molecular flexibility index (Phi) is 6.55. The molecule has 0 heterocycles. The molecule has 1 N–H and O–H groups in total. The topological polar surface area (TPSA) is 67.6 Å². The first kappa shape index (κ1) is 15.7. The fourth-order valence-electron chi connectivity index (χ4n) is 1.50. The standard InChI is InChI=1S/C12H18ClN3O3/c1-15(7-8-19-2)6-5-14-12-4-3-10(16(17)18)9-11(12)13/h3-4,9,14H,5-8H2,1-2H3. The Bertz CT molecular complexity index is 429. The van der Waals surface area contributed by atoms with E-state index < -0.39 is 4.92 Å². The molecule has 0 saturated heterocycles. The minimum Gasteiger partial charge on any atom is -0.383 e. The van der Waals surface area contributed by atoms with Gasteiger partial charge in [0, 0.05) is 38.9 Å². The molecule has 1 rings (SSSR count). The Morgan fingerprint density at radius 2 is 2.21 bits per heavy atom. The Morgan fingerprint density at radius 1 is 1.47 bits per heavy atom. The van der Waals surface area contributed by atoms with Crippen LogP contribution in [0.4, 0.5) is 11.4 Å². The molecule has 106 valence electrons. The summed E-state index contributed by atoms with van der Waals surface area (Å²) < 4.78 is 4.98. The third-order valence-corrected chi connectivity index (χ3v) is 2.96. The third kappa shape index (κ3) is 5.42. The van der Waals surface area contributed by atoms with Crippen LogP contribution in [0, 0.1) is 10.1 Å². The van der Waals surface area contributed by atoms with Gasteiger partial charge in [-0.25, -0.2) is 0 Å². The number of nitrogens with one attached hydrogen (secondary N) is 1. The second kappa shape index (κ2) is 7.93. The highest BCUT2D eigenvalue weighted by atomic mass is 35.5. The number of rotatable bonds is 8. The van der Waals surface area contributed by atoms with Crippen molar-refractivity contribution in [3.8, 4) is 0 Å². The van der Waals surface area contributed by atoms with E-state index in [2.05, 4.69) is 10.2 Å². The summed E-state index contributed by atoms with van der Waals surface area (Å²) in [6.45, 7) is 3.08. The molecule has 0 bridgehead atoms. The molecule has 6 nitrogen and oxygen atoms in total. The van der Waals surface area contributed by atoms with E-state index in [-0.39, 0.29) is 5.69 Å². The molecular formula is C12H18ClN3O3. The molecule has 7 heteroatoms. The number of likely N-dealkylation sites (N-methyl/N-ethyl adjacent to an activating group) is 1. The van der Waals surface area contributed by atoms with Crippen LogP contribution in [0.25, 0.3) is 0 Å². The highest BCUT2D eigenvalue weighted by Gasteiger charge is 2.09. The molecular weight excluding hydrogens is 270 g/mol. The van der Waals surface area contributed by atoms with E-state index in [4.69, 9.17) is 16.3 Å². The fraction of sp³-hybridized carbons (Fsp3) is 0.500. The average Bonchev–Trinajstić information content (AvgIpc) is 2.38. The van der Waals surface area contributed by atoms with E-state index in [9.17, 15) is 10.1 Å². The number of methoxy groups -OCH3 is 1. The zero-order valence-electron chi connectivity index (χ0n) is 11.1. The summed E-state index contributed by atoms with van der Waals surface area (Å²) >= 11 is 5.97. The smallest absolute Gasteiger partial charge is 0.271 e. The molecule has 0 amide bonds. The van der Waals surface area contributed by atoms with Gasteiger partial charge in [0.15, 0.2) is 0 Å². The van der Waals surface area contributed by atoms with Crippen LogP contribution in [0.15, 0.2) is 18.2 Å². The van der Waals surface area contributed by atoms with Crippen LogP contribution in [-0.4, -0.2) is 50.2 Å². The number of hydrogen-bond donors (Lipinski definition) is 1. The van der Waals surface area contributed by atoms with Crippen molar-refractivity contribution < 1.29 is 9.66 Å². The number of nitro groups is 1. The summed E-state index contributed by atoms with van der Waals surface area (Å²) in [5.41, 5.74) is 0.695. The number of anilines is 1. The normalized spacial score (nSPS) is 10.7. The number of halogens is 1. The third-order valence-electron chi connectivity index (χ3n) is 2.65. The molecule has 0 unspecified atom stereocenters. The first-order chi connectivity index (χ1) is 9.04. The summed E-state index contributed by atoms with van der Waals surface area (Å²) in [7, 11) is 3.67. The lowest BCUT2D eigenvalue weighted by molar-refractivity contribution is -0.384. The summed E-state index contributed by atoms with van der Waals surface area (Å²) in [6, 6.07) is 4.40. The van der Waals surface area contributed by atoms with Crippen molar-refractivity contribution in [2.45, 2.75) is 0 Å². The van der Waals surface area contributed by atoms with Crippen molar-refractivity contribution in [3.63, 3.8) is 0 Å². The Morgan fingerprint density at radius 3 is 2.79 bits per heavy atom. The van der Waals surface area contributed by atoms with Crippen LogP contribution in [0.3, 0.4) is 0 Å². The summed E-state index contributed by atoms with van der Waals surface area (Å²) in [5.74, 6) is 0. The van der Waals surface area contributed by atoms with Gasteiger partial charge in [-0.3, -0.25) is 10.1 Å². The van der Waals surface area contributed by atoms with Crippen LogP contribution in [-0.2, 0) is 4.74 Å². The molecule has 0 aliphatic heterocycles. The molecule has 1 aromatic rings. The van der Waals surface area contributed by atoms with Gasteiger partial charge in [0.2, 0.25) is 0 Å². The van der Waals surface area contributed by atoms with Crippen LogP contribution >= 0.6 is 11.6 Å². The lowest BCUT2D eigenvalue weighted by atomic mass is 10.3. The van der Waals surface area contributed by atoms with Crippen molar-refractivity contribution in [3.05, 3.63) is 33.3 Å². The number of nitro benzene ring substituents is 1. The van der Waals surface area contributed by atoms with Crippen LogP contribution < -0.4 is 5.32 Å². The van der Waals surface area contributed by atoms with Gasteiger partial charge in [-0.2, -0.15) is 0 Å². The van der Waals surface area contributed by atoms with Gasteiger partial charge in [0.05, 0.1) is 22.2 Å². The van der Waals surface area contributed by atoms with Crippen molar-refractivity contribution in [2.24, 2.45) is 0 Å². The second-order valence-corrected chi connectivity index (χ2v) is 4.55. The minimum atomic E-state index is -0.464. The quantitative estimate of drug-likeness (QED) is 0.587. The molecule has 0 spiro atoms. The SMILES string of the molecule is COCCN(C)CCNc1ccc([N+](=O)[O-])cc1Cl. The van der Waals surface area contributed by atoms with Gasteiger partial charge >= 0.3 is 0 Å². The molecule has 0 aliphatic carbocycles. The number of nitrogens with zero attached hydrogens (tertiary/aromatic N) is 2. The largest absolute Gasteiger partial charge is 0.383 e. The molecule has 0 aromatic heterocycles. The lowest BCUT2D eigenvalue weighted by Crippen LogP contribution is -2.28. The molecule has 19 heavy (non-hydrogen) atoms. The van der Waals surface area contributed by atoms with Crippen molar-refractivity contribution >= 4 is 23.0 Å². The highest BCUT2D eigenvalue weighted by Crippen LogP contribution is 2.26. The number of non-ortho nitro benzene ring substituents is 1. The van der Waals surface area contributed by atoms with Gasteiger partial charge in [0.1, 0.15) is 0 Å². The molecule has 1 aromatic carbocycles. The Hall–Kier alpha value is -1.37. The maximum atomic E-state index is 10.6. The number of benzene rings is 1. The molecule has 0 fully saturated rings. The summed E-state index contributed by atoms with van der Waals surface area (Å²) in [4.78, 5) is 12.2. The zero-order valence-corrected chi connectivity index (χ0v) is 11.8. The average molecular weight is 288 g/mol. The van der Waals surface area contributed by atoms with Crippen LogP contribution in [0.2, 0.25) is 5.02 Å². The molecule has 0 aliphatic rings. The molecule has 0 radical (unpaired) electrons. The fourth-order valence-corrected chi connectivity index (χ4v) is 1.74. The van der Waals surface area contributed by atoms with Crippen molar-refractivity contribution in [2.75, 3.05) is 45.7 Å². The summed E-state index contributed by atoms with van der Waals surface area (Å²) in [5, 5.41) is 14.1. The van der Waals surface area contributed by atoms with E-state index in [1.54, 1.807) is 13.2 Å². The maximum absolute atomic E-state index is 10.6. The first-order valence-electron chi connectivity index (χ1n) is 5.90. The Labute approximate surface area is 117 Å². The van der Waals surface area contributed by atoms with Crippen molar-refractivity contribution in [1.82, 2.24) is 4.90 Å². The highest BCUT2D eigenvalue weighted by molar-refractivity contribution is 6.33. The van der Waals surface area contributed by atoms with E-state index in [0.29, 0.717) is 23.9 Å². The van der Waals surface area contributed by atoms with E-state index in [0.717, 1.165) is 13.1 Å². The van der Waals surface area contributed by atoms with Gasteiger partial charge in [0.25, 0.3) is 5.69 Å². The number of hydrogen-bond acceptors (Lipinski definition) is 5. The predicted molar refractivity (Wildman–Crippen MR) is 76.0 cm³/mol. The van der Waals surface area contributed by atoms with Gasteiger partial charge in [-0.15, -0.1) is 0 Å². The van der Waals surface area contributed by atoms with Crippen LogP contribution in [0.5, 0.6) is 0 Å². The monoisotopic (exact) mass is 287 g/mol. The molecule has 0 atom stereocenters. The van der Waals surface area contributed by atoms with Crippen LogP contribution in [0.1, 0.15) is 0 Å². The Balaban J connectivity index is 2.43. The first-order valence-corrected chi connectivity index (χ1v) is 6.27. The van der Waals surface area contributed by atoms with Crippen molar-refractivity contribution in [1.29, 1.82) is 0 Å². The van der Waals surface area contributed by atoms with Gasteiger partial charge in [-0.1, -0.05) is 11.6 Å². The van der Waals surface area contributed by atoms with E-state index >= 15 is 0 Å². The number of ether oxygens (including phenoxy) is 1. The minimum absolute atomic E-state index is 0.00670.